The SMILES string of the molecule is O=C(O)CCN(CC(=O)N1CCCCCC1)c1nccs1. The van der Waals surface area contributed by atoms with Crippen molar-refractivity contribution in [2.45, 2.75) is 32.1 Å². The largest absolute Gasteiger partial charge is 0.481 e. The van der Waals surface area contributed by atoms with Crippen molar-refractivity contribution in [3.05, 3.63) is 11.6 Å². The molecule has 1 aliphatic rings. The Labute approximate surface area is 128 Å². The predicted octanol–water partition coefficient (Wildman–Crippen LogP) is 1.83. The summed E-state index contributed by atoms with van der Waals surface area (Å²) in [4.78, 5) is 31.0. The Morgan fingerprint density at radius 3 is 2.57 bits per heavy atom. The number of nitrogens with zero attached hydrogens (tertiary/aromatic N) is 3. The van der Waals surface area contributed by atoms with E-state index >= 15 is 0 Å². The van der Waals surface area contributed by atoms with Crippen molar-refractivity contribution in [2.24, 2.45) is 0 Å². The summed E-state index contributed by atoms with van der Waals surface area (Å²) < 4.78 is 0. The lowest BCUT2D eigenvalue weighted by Crippen LogP contribution is -2.41. The maximum absolute atomic E-state index is 12.4. The monoisotopic (exact) mass is 311 g/mol. The predicted molar refractivity (Wildman–Crippen MR) is 81.6 cm³/mol. The molecule has 0 bridgehead atoms. The molecule has 1 saturated heterocycles. The summed E-state index contributed by atoms with van der Waals surface area (Å²) in [6.45, 7) is 2.14. The van der Waals surface area contributed by atoms with Gasteiger partial charge < -0.3 is 14.9 Å². The minimum atomic E-state index is -0.862. The molecule has 1 aliphatic heterocycles. The summed E-state index contributed by atoms with van der Waals surface area (Å²) >= 11 is 1.43. The molecule has 0 unspecified atom stereocenters. The molecule has 0 atom stereocenters. The Bertz CT molecular complexity index is 456. The minimum absolute atomic E-state index is 0.00681. The zero-order valence-corrected chi connectivity index (χ0v) is 12.8. The number of likely N-dealkylation sites (tertiary alicyclic amines) is 1. The van der Waals surface area contributed by atoms with Gasteiger partial charge in [0.15, 0.2) is 5.13 Å². The van der Waals surface area contributed by atoms with E-state index in [4.69, 9.17) is 5.11 Å². The molecule has 1 N–H and O–H groups in total. The third-order valence-electron chi connectivity index (χ3n) is 3.57. The van der Waals surface area contributed by atoms with Gasteiger partial charge in [-0.25, -0.2) is 4.98 Å². The molecule has 0 aromatic carbocycles. The number of hydrogen-bond acceptors (Lipinski definition) is 5. The van der Waals surface area contributed by atoms with Crippen molar-refractivity contribution in [1.82, 2.24) is 9.88 Å². The van der Waals surface area contributed by atoms with E-state index in [1.165, 1.54) is 24.2 Å². The summed E-state index contributed by atoms with van der Waals surface area (Å²) in [5.74, 6) is -0.795. The molecule has 0 radical (unpaired) electrons. The van der Waals surface area contributed by atoms with Crippen LogP contribution in [0.15, 0.2) is 11.6 Å². The van der Waals surface area contributed by atoms with Gasteiger partial charge in [-0.15, -0.1) is 11.3 Å². The van der Waals surface area contributed by atoms with E-state index in [0.717, 1.165) is 25.9 Å². The van der Waals surface area contributed by atoms with Crippen LogP contribution in [0.3, 0.4) is 0 Å². The van der Waals surface area contributed by atoms with Gasteiger partial charge in [0.05, 0.1) is 13.0 Å². The molecule has 1 aromatic rings. The molecular weight excluding hydrogens is 290 g/mol. The number of aromatic nitrogens is 1. The van der Waals surface area contributed by atoms with Crippen LogP contribution in [0.1, 0.15) is 32.1 Å². The normalized spacial score (nSPS) is 15.5. The quantitative estimate of drug-likeness (QED) is 0.867. The second-order valence-electron chi connectivity index (χ2n) is 5.17. The highest BCUT2D eigenvalue weighted by atomic mass is 32.1. The first-order chi connectivity index (χ1) is 10.2. The van der Waals surface area contributed by atoms with Gasteiger partial charge in [0.1, 0.15) is 0 Å². The first-order valence-corrected chi connectivity index (χ1v) is 8.19. The first kappa shape index (κ1) is 15.8. The maximum atomic E-state index is 12.4. The van der Waals surface area contributed by atoms with E-state index in [0.29, 0.717) is 11.7 Å². The fourth-order valence-corrected chi connectivity index (χ4v) is 3.10. The van der Waals surface area contributed by atoms with E-state index < -0.39 is 5.97 Å². The van der Waals surface area contributed by atoms with Crippen molar-refractivity contribution in [1.29, 1.82) is 0 Å². The smallest absolute Gasteiger partial charge is 0.305 e. The zero-order valence-electron chi connectivity index (χ0n) is 12.0. The van der Waals surface area contributed by atoms with Crippen LogP contribution in [0.4, 0.5) is 5.13 Å². The average Bonchev–Trinajstić information content (AvgIpc) is 2.84. The number of amides is 1. The highest BCUT2D eigenvalue weighted by molar-refractivity contribution is 7.13. The molecule has 116 valence electrons. The van der Waals surface area contributed by atoms with Gasteiger partial charge in [-0.1, -0.05) is 12.8 Å². The number of rotatable bonds is 6. The van der Waals surface area contributed by atoms with Crippen LogP contribution in [0.25, 0.3) is 0 Å². The summed E-state index contributed by atoms with van der Waals surface area (Å²) in [6, 6.07) is 0. The van der Waals surface area contributed by atoms with Gasteiger partial charge in [-0.3, -0.25) is 9.59 Å². The van der Waals surface area contributed by atoms with Crippen LogP contribution in [0.2, 0.25) is 0 Å². The van der Waals surface area contributed by atoms with E-state index in [2.05, 4.69) is 4.98 Å². The Morgan fingerprint density at radius 2 is 2.00 bits per heavy atom. The second kappa shape index (κ2) is 7.97. The number of anilines is 1. The minimum Gasteiger partial charge on any atom is -0.481 e. The van der Waals surface area contributed by atoms with Crippen LogP contribution in [0, 0.1) is 0 Å². The maximum Gasteiger partial charge on any atom is 0.305 e. The lowest BCUT2D eigenvalue weighted by molar-refractivity contribution is -0.137. The summed E-state index contributed by atoms with van der Waals surface area (Å²) in [5.41, 5.74) is 0. The Morgan fingerprint density at radius 1 is 1.29 bits per heavy atom. The molecule has 6 nitrogen and oxygen atoms in total. The van der Waals surface area contributed by atoms with E-state index in [-0.39, 0.29) is 18.9 Å². The Balaban J connectivity index is 1.96. The number of carbonyl (C=O) groups is 2. The van der Waals surface area contributed by atoms with Gasteiger partial charge in [-0.05, 0) is 12.8 Å². The van der Waals surface area contributed by atoms with Gasteiger partial charge >= 0.3 is 5.97 Å². The first-order valence-electron chi connectivity index (χ1n) is 7.31. The number of aliphatic carboxylic acids is 1. The molecule has 2 rings (SSSR count). The lowest BCUT2D eigenvalue weighted by atomic mass is 10.2. The summed E-state index contributed by atoms with van der Waals surface area (Å²) in [7, 11) is 0. The number of hydrogen-bond donors (Lipinski definition) is 1. The van der Waals surface area contributed by atoms with Crippen molar-refractivity contribution < 1.29 is 14.7 Å². The standard InChI is InChI=1S/C14H21N3O3S/c18-12(16-7-3-1-2-4-8-16)11-17(9-5-13(19)20)14-15-6-10-21-14/h6,10H,1-5,7-9,11H2,(H,19,20). The van der Waals surface area contributed by atoms with Crippen molar-refractivity contribution in [3.8, 4) is 0 Å². The zero-order chi connectivity index (χ0) is 15.1. The van der Waals surface area contributed by atoms with Crippen molar-refractivity contribution in [3.63, 3.8) is 0 Å². The number of carbonyl (C=O) groups excluding carboxylic acids is 1. The molecule has 2 heterocycles. The van der Waals surface area contributed by atoms with Crippen LogP contribution < -0.4 is 4.90 Å². The van der Waals surface area contributed by atoms with Gasteiger partial charge in [0.2, 0.25) is 5.91 Å². The third-order valence-corrected chi connectivity index (χ3v) is 4.40. The van der Waals surface area contributed by atoms with E-state index in [1.54, 1.807) is 11.1 Å². The van der Waals surface area contributed by atoms with Crippen LogP contribution >= 0.6 is 11.3 Å². The van der Waals surface area contributed by atoms with Crippen molar-refractivity contribution >= 4 is 28.3 Å². The average molecular weight is 311 g/mol. The van der Waals surface area contributed by atoms with Gasteiger partial charge in [-0.2, -0.15) is 0 Å². The third kappa shape index (κ3) is 5.00. The number of thiazole rings is 1. The molecule has 1 fully saturated rings. The van der Waals surface area contributed by atoms with Crippen molar-refractivity contribution in [2.75, 3.05) is 31.1 Å². The summed E-state index contributed by atoms with van der Waals surface area (Å²) in [5, 5.41) is 11.4. The number of carboxylic acid groups (broad SMARTS) is 1. The molecular formula is C14H21N3O3S. The fraction of sp³-hybridized carbons (Fsp3) is 0.643. The molecule has 1 amide bonds. The lowest BCUT2D eigenvalue weighted by Gasteiger charge is -2.26. The van der Waals surface area contributed by atoms with Crippen LogP contribution in [-0.4, -0.2) is 53.0 Å². The van der Waals surface area contributed by atoms with E-state index in [9.17, 15) is 9.59 Å². The van der Waals surface area contributed by atoms with Gasteiger partial charge in [0.25, 0.3) is 0 Å². The molecule has 21 heavy (non-hydrogen) atoms. The van der Waals surface area contributed by atoms with E-state index in [1.807, 2.05) is 10.3 Å². The molecule has 1 aromatic heterocycles. The Kier molecular flexibility index (Phi) is 5.98. The topological polar surface area (TPSA) is 73.7 Å². The molecule has 0 saturated carbocycles. The molecule has 0 aliphatic carbocycles. The molecule has 0 spiro atoms. The van der Waals surface area contributed by atoms with Crippen LogP contribution in [-0.2, 0) is 9.59 Å². The van der Waals surface area contributed by atoms with Gasteiger partial charge in [0, 0.05) is 31.2 Å². The van der Waals surface area contributed by atoms with Crippen LogP contribution in [0.5, 0.6) is 0 Å². The highest BCUT2D eigenvalue weighted by Crippen LogP contribution is 2.18. The highest BCUT2D eigenvalue weighted by Gasteiger charge is 2.20. The molecule has 7 heteroatoms. The fourth-order valence-electron chi connectivity index (χ4n) is 2.43. The second-order valence-corrected chi connectivity index (χ2v) is 6.05. The Hall–Kier alpha value is -1.63. The summed E-state index contributed by atoms with van der Waals surface area (Å²) in [6.07, 6.45) is 6.14. The number of carboxylic acids is 1.